The summed E-state index contributed by atoms with van der Waals surface area (Å²) < 4.78 is 24.3. The SMILES string of the molecule is Cc1ccc(C)c(OC(C)C(=O)NCCOc2ccc(-c3ccc(F)cc3)nn2)c1. The van der Waals surface area contributed by atoms with Crippen LogP contribution >= 0.6 is 0 Å². The number of carbonyl (C=O) groups is 1. The number of rotatable bonds is 8. The Bertz CT molecular complexity index is 992. The van der Waals surface area contributed by atoms with Crippen LogP contribution < -0.4 is 14.8 Å². The van der Waals surface area contributed by atoms with Gasteiger partial charge in [-0.1, -0.05) is 12.1 Å². The van der Waals surface area contributed by atoms with E-state index in [0.717, 1.165) is 16.7 Å². The summed E-state index contributed by atoms with van der Waals surface area (Å²) in [5, 5.41) is 10.9. The Morgan fingerprint density at radius 3 is 2.53 bits per heavy atom. The molecule has 0 bridgehead atoms. The third-order valence-electron chi connectivity index (χ3n) is 4.45. The molecule has 2 aromatic carbocycles. The van der Waals surface area contributed by atoms with Crippen molar-refractivity contribution in [3.63, 3.8) is 0 Å². The zero-order valence-corrected chi connectivity index (χ0v) is 17.2. The number of nitrogens with one attached hydrogen (secondary N) is 1. The Hall–Kier alpha value is -3.48. The first-order chi connectivity index (χ1) is 14.4. The van der Waals surface area contributed by atoms with E-state index < -0.39 is 6.10 Å². The third kappa shape index (κ3) is 5.76. The Morgan fingerprint density at radius 1 is 1.07 bits per heavy atom. The number of benzene rings is 2. The van der Waals surface area contributed by atoms with E-state index in [1.807, 2.05) is 32.0 Å². The molecule has 1 N–H and O–H groups in total. The van der Waals surface area contributed by atoms with E-state index in [4.69, 9.17) is 9.47 Å². The molecule has 0 radical (unpaired) electrons. The molecule has 7 heteroatoms. The number of ether oxygens (including phenoxy) is 2. The molecule has 0 saturated heterocycles. The van der Waals surface area contributed by atoms with Gasteiger partial charge in [0.15, 0.2) is 6.10 Å². The standard InChI is InChI=1S/C23H24FN3O3/c1-15-4-5-16(2)21(14-15)30-17(3)23(28)25-12-13-29-22-11-10-20(26-27-22)18-6-8-19(24)9-7-18/h4-11,14,17H,12-13H2,1-3H3,(H,25,28). The summed E-state index contributed by atoms with van der Waals surface area (Å²) in [4.78, 5) is 12.2. The van der Waals surface area contributed by atoms with Crippen molar-refractivity contribution >= 4 is 5.91 Å². The summed E-state index contributed by atoms with van der Waals surface area (Å²) in [6, 6.07) is 15.3. The molecule has 1 aromatic heterocycles. The highest BCUT2D eigenvalue weighted by Gasteiger charge is 2.15. The van der Waals surface area contributed by atoms with Gasteiger partial charge >= 0.3 is 0 Å². The lowest BCUT2D eigenvalue weighted by Gasteiger charge is -2.16. The highest BCUT2D eigenvalue weighted by atomic mass is 19.1. The first kappa shape index (κ1) is 21.2. The van der Waals surface area contributed by atoms with Gasteiger partial charge in [-0.25, -0.2) is 4.39 Å². The van der Waals surface area contributed by atoms with Gasteiger partial charge in [0.2, 0.25) is 5.88 Å². The van der Waals surface area contributed by atoms with E-state index in [0.29, 0.717) is 23.9 Å². The molecule has 0 spiro atoms. The molecule has 0 saturated carbocycles. The molecule has 1 amide bonds. The second-order valence-electron chi connectivity index (χ2n) is 6.93. The van der Waals surface area contributed by atoms with Crippen molar-refractivity contribution in [1.29, 1.82) is 0 Å². The van der Waals surface area contributed by atoms with Crippen LogP contribution in [0.1, 0.15) is 18.1 Å². The average molecular weight is 409 g/mol. The van der Waals surface area contributed by atoms with Crippen LogP contribution in [0.2, 0.25) is 0 Å². The van der Waals surface area contributed by atoms with Crippen molar-refractivity contribution in [3.8, 4) is 22.9 Å². The van der Waals surface area contributed by atoms with Crippen LogP contribution in [0.4, 0.5) is 4.39 Å². The van der Waals surface area contributed by atoms with Gasteiger partial charge in [0.25, 0.3) is 5.91 Å². The second kappa shape index (κ2) is 9.82. The van der Waals surface area contributed by atoms with Gasteiger partial charge in [-0.2, -0.15) is 0 Å². The van der Waals surface area contributed by atoms with Crippen molar-refractivity contribution in [1.82, 2.24) is 15.5 Å². The molecule has 3 aromatic rings. The summed E-state index contributed by atoms with van der Waals surface area (Å²) in [6.07, 6.45) is -0.625. The summed E-state index contributed by atoms with van der Waals surface area (Å²) in [5.74, 6) is 0.514. The maximum Gasteiger partial charge on any atom is 0.260 e. The van der Waals surface area contributed by atoms with Crippen molar-refractivity contribution in [2.45, 2.75) is 26.9 Å². The Kier molecular flexibility index (Phi) is 6.95. The molecule has 1 atom stereocenters. The maximum atomic E-state index is 13.0. The van der Waals surface area contributed by atoms with Crippen molar-refractivity contribution in [3.05, 3.63) is 71.5 Å². The predicted octanol–water partition coefficient (Wildman–Crippen LogP) is 3.86. The number of halogens is 1. The normalized spacial score (nSPS) is 11.6. The van der Waals surface area contributed by atoms with Crippen molar-refractivity contribution in [2.75, 3.05) is 13.2 Å². The van der Waals surface area contributed by atoms with E-state index in [2.05, 4.69) is 15.5 Å². The number of amides is 1. The fourth-order valence-corrected chi connectivity index (χ4v) is 2.72. The van der Waals surface area contributed by atoms with E-state index in [9.17, 15) is 9.18 Å². The van der Waals surface area contributed by atoms with Crippen molar-refractivity contribution in [2.24, 2.45) is 0 Å². The number of carbonyl (C=O) groups excluding carboxylic acids is 1. The van der Waals surface area contributed by atoms with Crippen LogP contribution in [0.3, 0.4) is 0 Å². The zero-order chi connectivity index (χ0) is 21.5. The smallest absolute Gasteiger partial charge is 0.260 e. The number of hydrogen-bond acceptors (Lipinski definition) is 5. The first-order valence-corrected chi connectivity index (χ1v) is 9.66. The molecule has 30 heavy (non-hydrogen) atoms. The number of aromatic nitrogens is 2. The van der Waals surface area contributed by atoms with Crippen LogP contribution in [-0.4, -0.2) is 35.4 Å². The first-order valence-electron chi connectivity index (χ1n) is 9.66. The quantitative estimate of drug-likeness (QED) is 0.572. The minimum absolute atomic E-state index is 0.225. The highest BCUT2D eigenvalue weighted by Crippen LogP contribution is 2.20. The largest absolute Gasteiger partial charge is 0.481 e. The third-order valence-corrected chi connectivity index (χ3v) is 4.45. The average Bonchev–Trinajstić information content (AvgIpc) is 2.74. The maximum absolute atomic E-state index is 13.0. The monoisotopic (exact) mass is 409 g/mol. The molecule has 0 aliphatic carbocycles. The molecule has 0 aliphatic heterocycles. The highest BCUT2D eigenvalue weighted by molar-refractivity contribution is 5.80. The molecule has 156 valence electrons. The molecule has 1 unspecified atom stereocenters. The number of nitrogens with zero attached hydrogens (tertiary/aromatic N) is 2. The summed E-state index contributed by atoms with van der Waals surface area (Å²) in [6.45, 7) is 6.17. The van der Waals surface area contributed by atoms with Gasteiger partial charge in [0.1, 0.15) is 18.2 Å². The van der Waals surface area contributed by atoms with E-state index in [1.54, 1.807) is 31.2 Å². The van der Waals surface area contributed by atoms with E-state index in [1.165, 1.54) is 12.1 Å². The Balaban J connectivity index is 1.43. The number of hydrogen-bond donors (Lipinski definition) is 1. The second-order valence-corrected chi connectivity index (χ2v) is 6.93. The van der Waals surface area contributed by atoms with Gasteiger partial charge in [-0.05, 0) is 68.3 Å². The fraction of sp³-hybridized carbons (Fsp3) is 0.261. The Labute approximate surface area is 175 Å². The van der Waals surface area contributed by atoms with Crippen LogP contribution in [0.25, 0.3) is 11.3 Å². The number of aryl methyl sites for hydroxylation is 2. The van der Waals surface area contributed by atoms with Gasteiger partial charge in [-0.3, -0.25) is 4.79 Å². The summed E-state index contributed by atoms with van der Waals surface area (Å²) in [5.41, 5.74) is 3.43. The van der Waals surface area contributed by atoms with Crippen molar-refractivity contribution < 1.29 is 18.7 Å². The van der Waals surface area contributed by atoms with E-state index in [-0.39, 0.29) is 18.3 Å². The van der Waals surface area contributed by atoms with Crippen LogP contribution in [0.15, 0.2) is 54.6 Å². The van der Waals surface area contributed by atoms with Gasteiger partial charge in [0.05, 0.1) is 12.2 Å². The van der Waals surface area contributed by atoms with Crippen LogP contribution in [-0.2, 0) is 4.79 Å². The molecule has 6 nitrogen and oxygen atoms in total. The Morgan fingerprint density at radius 2 is 1.83 bits per heavy atom. The minimum atomic E-state index is -0.625. The molecule has 1 heterocycles. The molecule has 3 rings (SSSR count). The molecule has 0 aliphatic rings. The molecule has 0 fully saturated rings. The lowest BCUT2D eigenvalue weighted by Crippen LogP contribution is -2.38. The minimum Gasteiger partial charge on any atom is -0.481 e. The summed E-state index contributed by atoms with van der Waals surface area (Å²) in [7, 11) is 0. The molecular formula is C23H24FN3O3. The zero-order valence-electron chi connectivity index (χ0n) is 17.2. The molecular weight excluding hydrogens is 385 g/mol. The predicted molar refractivity (Wildman–Crippen MR) is 112 cm³/mol. The van der Waals surface area contributed by atoms with E-state index >= 15 is 0 Å². The van der Waals surface area contributed by atoms with Gasteiger partial charge < -0.3 is 14.8 Å². The summed E-state index contributed by atoms with van der Waals surface area (Å²) >= 11 is 0. The van der Waals surface area contributed by atoms with Gasteiger partial charge in [0, 0.05) is 11.6 Å². The topological polar surface area (TPSA) is 73.3 Å². The fourth-order valence-electron chi connectivity index (χ4n) is 2.72. The van der Waals surface area contributed by atoms with Crippen LogP contribution in [0.5, 0.6) is 11.6 Å². The van der Waals surface area contributed by atoms with Gasteiger partial charge in [-0.15, -0.1) is 10.2 Å². The lowest BCUT2D eigenvalue weighted by molar-refractivity contribution is -0.127. The lowest BCUT2D eigenvalue weighted by atomic mass is 10.1. The van der Waals surface area contributed by atoms with Crippen LogP contribution in [0, 0.1) is 19.7 Å².